The molecule has 1 saturated carbocycles. The summed E-state index contributed by atoms with van der Waals surface area (Å²) in [6.45, 7) is 3.98. The molecule has 0 radical (unpaired) electrons. The summed E-state index contributed by atoms with van der Waals surface area (Å²) in [4.78, 5) is 10.0. The Labute approximate surface area is 64.7 Å². The highest BCUT2D eigenvalue weighted by molar-refractivity contribution is 5.84. The van der Waals surface area contributed by atoms with Crippen LogP contribution in [0, 0.1) is 11.3 Å². The maximum atomic E-state index is 12.4. The first kappa shape index (κ1) is 8.24. The molecule has 0 aromatic heterocycles. The number of halogens is 1. The first-order chi connectivity index (χ1) is 4.93. The van der Waals surface area contributed by atoms with Crippen LogP contribution < -0.4 is 0 Å². The van der Waals surface area contributed by atoms with Crippen LogP contribution in [0.1, 0.15) is 20.3 Å². The average molecular weight is 158 g/mol. The Morgan fingerprint density at radius 1 is 1.73 bits per heavy atom. The fraction of sp³-hybridized carbons (Fsp3) is 0.625. The van der Waals surface area contributed by atoms with Crippen molar-refractivity contribution in [2.45, 2.75) is 20.3 Å². The smallest absolute Gasteiger partial charge is 0.364 e. The Hall–Kier alpha value is -0.860. The topological polar surface area (TPSA) is 37.3 Å². The fourth-order valence-corrected chi connectivity index (χ4v) is 1.04. The molecule has 2 nitrogen and oxygen atoms in total. The van der Waals surface area contributed by atoms with Gasteiger partial charge in [0.15, 0.2) is 0 Å². The number of carboxylic acids is 1. The fourth-order valence-electron chi connectivity index (χ4n) is 1.04. The van der Waals surface area contributed by atoms with Gasteiger partial charge in [-0.3, -0.25) is 0 Å². The average Bonchev–Trinajstić information content (AvgIpc) is 2.39. The van der Waals surface area contributed by atoms with Crippen molar-refractivity contribution in [3.8, 4) is 0 Å². The molecule has 0 aromatic rings. The molecule has 0 spiro atoms. The minimum atomic E-state index is -1.47. The van der Waals surface area contributed by atoms with Crippen molar-refractivity contribution in [2.75, 3.05) is 0 Å². The zero-order valence-corrected chi connectivity index (χ0v) is 6.60. The Bertz CT molecular complexity index is 218. The zero-order chi connectivity index (χ0) is 8.65. The largest absolute Gasteiger partial charge is 0.476 e. The van der Waals surface area contributed by atoms with Crippen LogP contribution in [0.3, 0.4) is 0 Å². The Morgan fingerprint density at radius 3 is 2.45 bits per heavy atom. The maximum absolute atomic E-state index is 12.4. The van der Waals surface area contributed by atoms with Gasteiger partial charge in [0.05, 0.1) is 0 Å². The van der Waals surface area contributed by atoms with Crippen LogP contribution in [0.25, 0.3) is 0 Å². The summed E-state index contributed by atoms with van der Waals surface area (Å²) in [6, 6.07) is 0. The summed E-state index contributed by atoms with van der Waals surface area (Å²) >= 11 is 0. The molecule has 0 saturated heterocycles. The van der Waals surface area contributed by atoms with Gasteiger partial charge in [-0.1, -0.05) is 13.8 Å². The monoisotopic (exact) mass is 158 g/mol. The van der Waals surface area contributed by atoms with Gasteiger partial charge in [0.2, 0.25) is 5.83 Å². The summed E-state index contributed by atoms with van der Waals surface area (Å²) in [6.07, 6.45) is 2.08. The second-order valence-corrected chi connectivity index (χ2v) is 3.62. The lowest BCUT2D eigenvalue weighted by Gasteiger charge is -1.95. The standard InChI is InChI=1S/C8H11FO2/c1-8(2)4-5(8)3-6(9)7(10)11/h3,5H,4H2,1-2H3,(H,10,11)/b6-3-. The van der Waals surface area contributed by atoms with E-state index in [0.29, 0.717) is 0 Å². The summed E-state index contributed by atoms with van der Waals surface area (Å²) < 4.78 is 12.4. The van der Waals surface area contributed by atoms with Gasteiger partial charge in [-0.15, -0.1) is 0 Å². The van der Waals surface area contributed by atoms with Crippen molar-refractivity contribution >= 4 is 5.97 Å². The first-order valence-corrected chi connectivity index (χ1v) is 3.54. The normalized spacial score (nSPS) is 28.3. The molecule has 62 valence electrons. The minimum Gasteiger partial charge on any atom is -0.476 e. The third-order valence-corrected chi connectivity index (χ3v) is 2.14. The zero-order valence-electron chi connectivity index (χ0n) is 6.60. The molecule has 1 aliphatic rings. The second kappa shape index (κ2) is 2.32. The van der Waals surface area contributed by atoms with Gasteiger partial charge in [-0.25, -0.2) is 4.79 Å². The summed E-state index contributed by atoms with van der Waals surface area (Å²) in [5.41, 5.74) is 0.104. The van der Waals surface area contributed by atoms with E-state index in [-0.39, 0.29) is 11.3 Å². The lowest BCUT2D eigenvalue weighted by Crippen LogP contribution is -1.96. The molecule has 0 heterocycles. The number of rotatable bonds is 2. The number of hydrogen-bond acceptors (Lipinski definition) is 1. The number of allylic oxidation sites excluding steroid dienone is 1. The van der Waals surface area contributed by atoms with Crippen molar-refractivity contribution in [3.63, 3.8) is 0 Å². The highest BCUT2D eigenvalue weighted by Gasteiger charge is 2.44. The van der Waals surface area contributed by atoms with Crippen molar-refractivity contribution in [1.29, 1.82) is 0 Å². The van der Waals surface area contributed by atoms with Crippen molar-refractivity contribution in [3.05, 3.63) is 11.9 Å². The summed E-state index contributed by atoms with van der Waals surface area (Å²) in [5.74, 6) is -2.38. The van der Waals surface area contributed by atoms with Gasteiger partial charge in [0, 0.05) is 0 Å². The van der Waals surface area contributed by atoms with E-state index in [1.54, 1.807) is 0 Å². The van der Waals surface area contributed by atoms with Gasteiger partial charge in [-0.2, -0.15) is 4.39 Å². The molecule has 3 heteroatoms. The molecule has 0 aromatic carbocycles. The van der Waals surface area contributed by atoms with Crippen LogP contribution in [0.5, 0.6) is 0 Å². The Morgan fingerprint density at radius 2 is 2.18 bits per heavy atom. The van der Waals surface area contributed by atoms with E-state index in [4.69, 9.17) is 5.11 Å². The van der Waals surface area contributed by atoms with Crippen LogP contribution >= 0.6 is 0 Å². The third-order valence-electron chi connectivity index (χ3n) is 2.14. The van der Waals surface area contributed by atoms with Gasteiger partial charge in [-0.05, 0) is 23.8 Å². The summed E-state index contributed by atoms with van der Waals surface area (Å²) in [5, 5.41) is 8.19. The lowest BCUT2D eigenvalue weighted by atomic mass is 10.1. The van der Waals surface area contributed by atoms with Crippen molar-refractivity contribution in [1.82, 2.24) is 0 Å². The van der Waals surface area contributed by atoms with E-state index in [0.717, 1.165) is 6.42 Å². The van der Waals surface area contributed by atoms with Crippen LogP contribution in [0.2, 0.25) is 0 Å². The quantitative estimate of drug-likeness (QED) is 0.624. The number of hydrogen-bond donors (Lipinski definition) is 1. The molecular formula is C8H11FO2. The van der Waals surface area contributed by atoms with Gasteiger partial charge in [0.1, 0.15) is 0 Å². The molecule has 0 aliphatic heterocycles. The third kappa shape index (κ3) is 1.79. The molecule has 1 aliphatic carbocycles. The predicted octanol–water partition coefficient (Wildman–Crippen LogP) is 1.97. The molecule has 0 bridgehead atoms. The highest BCUT2D eigenvalue weighted by atomic mass is 19.1. The minimum absolute atomic E-state index is 0.104. The molecule has 1 unspecified atom stereocenters. The van der Waals surface area contributed by atoms with Crippen molar-refractivity contribution < 1.29 is 14.3 Å². The van der Waals surface area contributed by atoms with Crippen LogP contribution in [-0.4, -0.2) is 11.1 Å². The molecule has 1 fully saturated rings. The number of aliphatic carboxylic acids is 1. The maximum Gasteiger partial charge on any atom is 0.364 e. The van der Waals surface area contributed by atoms with Crippen molar-refractivity contribution in [2.24, 2.45) is 11.3 Å². The van der Waals surface area contributed by atoms with E-state index in [9.17, 15) is 9.18 Å². The SMILES string of the molecule is CC1(C)CC1/C=C(\F)C(=O)O. The number of carbonyl (C=O) groups is 1. The first-order valence-electron chi connectivity index (χ1n) is 3.54. The van der Waals surface area contributed by atoms with E-state index in [2.05, 4.69) is 0 Å². The predicted molar refractivity (Wildman–Crippen MR) is 38.7 cm³/mol. The van der Waals surface area contributed by atoms with Gasteiger partial charge in [0.25, 0.3) is 0 Å². The van der Waals surface area contributed by atoms with Gasteiger partial charge < -0.3 is 5.11 Å². The molecule has 11 heavy (non-hydrogen) atoms. The van der Waals surface area contributed by atoms with E-state index in [1.165, 1.54) is 6.08 Å². The van der Waals surface area contributed by atoms with E-state index < -0.39 is 11.8 Å². The molecule has 0 amide bonds. The van der Waals surface area contributed by atoms with E-state index in [1.807, 2.05) is 13.8 Å². The molecule has 1 rings (SSSR count). The van der Waals surface area contributed by atoms with Crippen LogP contribution in [0.4, 0.5) is 4.39 Å². The Balaban J connectivity index is 2.55. The van der Waals surface area contributed by atoms with Gasteiger partial charge >= 0.3 is 5.97 Å². The molecule has 1 N–H and O–H groups in total. The Kier molecular flexibility index (Phi) is 1.74. The summed E-state index contributed by atoms with van der Waals surface area (Å²) in [7, 11) is 0. The van der Waals surface area contributed by atoms with E-state index >= 15 is 0 Å². The van der Waals surface area contributed by atoms with Crippen LogP contribution in [-0.2, 0) is 4.79 Å². The molecule has 1 atom stereocenters. The highest BCUT2D eigenvalue weighted by Crippen LogP contribution is 2.52. The van der Waals surface area contributed by atoms with Crippen LogP contribution in [0.15, 0.2) is 11.9 Å². The second-order valence-electron chi connectivity index (χ2n) is 3.62. The number of carboxylic acid groups (broad SMARTS) is 1. The lowest BCUT2D eigenvalue weighted by molar-refractivity contribution is -0.134. The molecular weight excluding hydrogens is 147 g/mol.